The monoisotopic (exact) mass is 358 g/mol. The fraction of sp³-hybridized carbons (Fsp3) is 0.158. The van der Waals surface area contributed by atoms with Crippen molar-refractivity contribution in [3.05, 3.63) is 97.6 Å². The molecule has 0 N–H and O–H groups in total. The molecule has 5 heteroatoms. The number of benzene rings is 1. The molecule has 0 atom stereocenters. The molecule has 3 rings (SSSR count). The van der Waals surface area contributed by atoms with E-state index in [9.17, 15) is 4.79 Å². The standard InChI is InChI=1S/C19H16Cl2N2O/c1-13-15(10-16-17(20)5-2-6-18(16)21)19(24)7-9-23(13)12-14-4-3-8-22-11-14/h2-9,11H,10,12H2,1H3. The van der Waals surface area contributed by atoms with Crippen LogP contribution in [0.3, 0.4) is 0 Å². The van der Waals surface area contributed by atoms with Gasteiger partial charge in [-0.15, -0.1) is 0 Å². The molecule has 1 aromatic carbocycles. The van der Waals surface area contributed by atoms with Gasteiger partial charge in [0, 0.05) is 58.9 Å². The van der Waals surface area contributed by atoms with Crippen LogP contribution in [0, 0.1) is 6.92 Å². The summed E-state index contributed by atoms with van der Waals surface area (Å²) in [6, 6.07) is 10.9. The van der Waals surface area contributed by atoms with E-state index in [1.807, 2.05) is 36.0 Å². The molecule has 122 valence electrons. The van der Waals surface area contributed by atoms with Crippen molar-refractivity contribution in [2.24, 2.45) is 0 Å². The van der Waals surface area contributed by atoms with Gasteiger partial charge in [0.2, 0.25) is 0 Å². The summed E-state index contributed by atoms with van der Waals surface area (Å²) in [6.45, 7) is 2.60. The second kappa shape index (κ2) is 7.20. The molecule has 0 aliphatic heterocycles. The molecule has 0 bridgehead atoms. The fourth-order valence-electron chi connectivity index (χ4n) is 2.67. The van der Waals surface area contributed by atoms with Crippen molar-refractivity contribution in [3.8, 4) is 0 Å². The van der Waals surface area contributed by atoms with Gasteiger partial charge < -0.3 is 4.57 Å². The maximum atomic E-state index is 12.4. The highest BCUT2D eigenvalue weighted by molar-refractivity contribution is 6.36. The lowest BCUT2D eigenvalue weighted by molar-refractivity contribution is 0.742. The minimum atomic E-state index is -0.00840. The number of nitrogens with zero attached hydrogens (tertiary/aromatic N) is 2. The molecule has 2 heterocycles. The quantitative estimate of drug-likeness (QED) is 0.688. The molecule has 0 unspecified atom stereocenters. The fourth-order valence-corrected chi connectivity index (χ4v) is 3.21. The van der Waals surface area contributed by atoms with Crippen molar-refractivity contribution in [2.75, 3.05) is 0 Å². The van der Waals surface area contributed by atoms with E-state index >= 15 is 0 Å². The summed E-state index contributed by atoms with van der Waals surface area (Å²) in [5.41, 5.74) is 3.45. The van der Waals surface area contributed by atoms with E-state index in [4.69, 9.17) is 23.2 Å². The zero-order chi connectivity index (χ0) is 17.1. The smallest absolute Gasteiger partial charge is 0.185 e. The summed E-state index contributed by atoms with van der Waals surface area (Å²) in [7, 11) is 0. The van der Waals surface area contributed by atoms with Gasteiger partial charge in [-0.3, -0.25) is 9.78 Å². The molecule has 0 aliphatic carbocycles. The minimum absolute atomic E-state index is 0.00840. The van der Waals surface area contributed by atoms with Crippen molar-refractivity contribution in [3.63, 3.8) is 0 Å². The van der Waals surface area contributed by atoms with E-state index in [-0.39, 0.29) is 5.43 Å². The molecule has 0 spiro atoms. The van der Waals surface area contributed by atoms with Gasteiger partial charge in [-0.2, -0.15) is 0 Å². The summed E-state index contributed by atoms with van der Waals surface area (Å²) in [5.74, 6) is 0. The zero-order valence-electron chi connectivity index (χ0n) is 13.2. The van der Waals surface area contributed by atoms with Gasteiger partial charge in [-0.05, 0) is 36.2 Å². The van der Waals surface area contributed by atoms with Crippen molar-refractivity contribution < 1.29 is 0 Å². The van der Waals surface area contributed by atoms with E-state index in [2.05, 4.69) is 4.98 Å². The van der Waals surface area contributed by atoms with Crippen LogP contribution >= 0.6 is 23.2 Å². The number of rotatable bonds is 4. The number of hydrogen-bond acceptors (Lipinski definition) is 2. The Bertz CT molecular complexity index is 900. The van der Waals surface area contributed by atoms with Gasteiger partial charge in [0.15, 0.2) is 5.43 Å². The van der Waals surface area contributed by atoms with Crippen LogP contribution in [0.25, 0.3) is 0 Å². The van der Waals surface area contributed by atoms with Gasteiger partial charge in [-0.25, -0.2) is 0 Å². The van der Waals surface area contributed by atoms with Gasteiger partial charge >= 0.3 is 0 Å². The number of aromatic nitrogens is 2. The third kappa shape index (κ3) is 3.53. The molecule has 24 heavy (non-hydrogen) atoms. The first-order valence-electron chi connectivity index (χ1n) is 7.57. The predicted octanol–water partition coefficient (Wildman–Crippen LogP) is 4.50. The molecule has 0 saturated heterocycles. The van der Waals surface area contributed by atoms with Crippen molar-refractivity contribution in [1.29, 1.82) is 0 Å². The predicted molar refractivity (Wildman–Crippen MR) is 98.0 cm³/mol. The Morgan fingerprint density at radius 1 is 1.04 bits per heavy atom. The average molecular weight is 359 g/mol. The Kier molecular flexibility index (Phi) is 5.03. The Hall–Kier alpha value is -2.10. The number of pyridine rings is 2. The Labute approximate surface area is 150 Å². The molecule has 0 radical (unpaired) electrons. The third-order valence-corrected chi connectivity index (χ3v) is 4.77. The maximum Gasteiger partial charge on any atom is 0.185 e. The van der Waals surface area contributed by atoms with Gasteiger partial charge in [-0.1, -0.05) is 35.3 Å². The van der Waals surface area contributed by atoms with E-state index in [0.717, 1.165) is 16.8 Å². The topological polar surface area (TPSA) is 34.9 Å². The van der Waals surface area contributed by atoms with E-state index in [1.54, 1.807) is 30.5 Å². The van der Waals surface area contributed by atoms with E-state index in [0.29, 0.717) is 28.6 Å². The highest BCUT2D eigenvalue weighted by Crippen LogP contribution is 2.26. The number of hydrogen-bond donors (Lipinski definition) is 0. The van der Waals surface area contributed by atoms with Gasteiger partial charge in [0.1, 0.15) is 0 Å². The van der Waals surface area contributed by atoms with E-state index in [1.165, 1.54) is 0 Å². The first kappa shape index (κ1) is 16.7. The Morgan fingerprint density at radius 3 is 2.46 bits per heavy atom. The van der Waals surface area contributed by atoms with Crippen molar-refractivity contribution >= 4 is 23.2 Å². The van der Waals surface area contributed by atoms with Crippen LogP contribution in [0.1, 0.15) is 22.4 Å². The van der Waals surface area contributed by atoms with Crippen molar-refractivity contribution in [2.45, 2.75) is 19.9 Å². The Morgan fingerprint density at radius 2 is 1.79 bits per heavy atom. The lowest BCUT2D eigenvalue weighted by Crippen LogP contribution is -2.17. The second-order valence-corrected chi connectivity index (χ2v) is 6.42. The summed E-state index contributed by atoms with van der Waals surface area (Å²) in [4.78, 5) is 16.5. The summed E-state index contributed by atoms with van der Waals surface area (Å²) in [6.07, 6.45) is 5.79. The van der Waals surface area contributed by atoms with Gasteiger partial charge in [0.05, 0.1) is 0 Å². The van der Waals surface area contributed by atoms with Crippen LogP contribution in [-0.2, 0) is 13.0 Å². The average Bonchev–Trinajstić information content (AvgIpc) is 2.57. The first-order chi connectivity index (χ1) is 11.6. The summed E-state index contributed by atoms with van der Waals surface area (Å²) in [5, 5.41) is 1.15. The highest BCUT2D eigenvalue weighted by atomic mass is 35.5. The molecule has 0 saturated carbocycles. The first-order valence-corrected chi connectivity index (χ1v) is 8.32. The van der Waals surface area contributed by atoms with Crippen molar-refractivity contribution in [1.82, 2.24) is 9.55 Å². The normalized spacial score (nSPS) is 10.8. The van der Waals surface area contributed by atoms with Crippen LogP contribution in [0.15, 0.2) is 59.8 Å². The molecular weight excluding hydrogens is 343 g/mol. The zero-order valence-corrected chi connectivity index (χ0v) is 14.7. The molecule has 0 aliphatic rings. The molecule has 3 aromatic rings. The molecule has 3 nitrogen and oxygen atoms in total. The van der Waals surface area contributed by atoms with Crippen LogP contribution in [-0.4, -0.2) is 9.55 Å². The second-order valence-electron chi connectivity index (χ2n) is 5.61. The largest absolute Gasteiger partial charge is 0.347 e. The van der Waals surface area contributed by atoms with Crippen LogP contribution in [0.5, 0.6) is 0 Å². The molecular formula is C19H16Cl2N2O. The molecule has 2 aromatic heterocycles. The lowest BCUT2D eigenvalue weighted by atomic mass is 10.0. The van der Waals surface area contributed by atoms with Gasteiger partial charge in [0.25, 0.3) is 0 Å². The minimum Gasteiger partial charge on any atom is -0.347 e. The number of halogens is 2. The van der Waals surface area contributed by atoms with Crippen LogP contribution < -0.4 is 5.43 Å². The molecule has 0 fully saturated rings. The van der Waals surface area contributed by atoms with Crippen LogP contribution in [0.4, 0.5) is 0 Å². The summed E-state index contributed by atoms with van der Waals surface area (Å²) < 4.78 is 2.04. The third-order valence-electron chi connectivity index (χ3n) is 4.06. The summed E-state index contributed by atoms with van der Waals surface area (Å²) >= 11 is 12.5. The van der Waals surface area contributed by atoms with E-state index < -0.39 is 0 Å². The lowest BCUT2D eigenvalue weighted by Gasteiger charge is -2.15. The molecule has 0 amide bonds. The SMILES string of the molecule is Cc1c(Cc2c(Cl)cccc2Cl)c(=O)ccn1Cc1cccnc1. The Balaban J connectivity index is 1.99. The van der Waals surface area contributed by atoms with Crippen LogP contribution in [0.2, 0.25) is 10.0 Å². The highest BCUT2D eigenvalue weighted by Gasteiger charge is 2.13. The maximum absolute atomic E-state index is 12.4.